The number of nitriles is 1. The molecular weight excluding hydrogens is 216 g/mol. The van der Waals surface area contributed by atoms with Crippen LogP contribution in [0.25, 0.3) is 0 Å². The molecule has 6 heteroatoms. The van der Waals surface area contributed by atoms with Gasteiger partial charge in [0.1, 0.15) is 6.07 Å². The van der Waals surface area contributed by atoms with Crippen molar-refractivity contribution in [1.82, 2.24) is 15.0 Å². The summed E-state index contributed by atoms with van der Waals surface area (Å²) >= 11 is 0. The first-order valence-electron chi connectivity index (χ1n) is 5.17. The average Bonchev–Trinajstić information content (AvgIpc) is 2.84. The zero-order valence-corrected chi connectivity index (χ0v) is 9.17. The van der Waals surface area contributed by atoms with Crippen LogP contribution >= 0.6 is 0 Å². The Labute approximate surface area is 98.7 Å². The van der Waals surface area contributed by atoms with Gasteiger partial charge in [0, 0.05) is 18.4 Å². The third-order valence-corrected chi connectivity index (χ3v) is 2.29. The van der Waals surface area contributed by atoms with Crippen molar-refractivity contribution in [3.63, 3.8) is 0 Å². The fourth-order valence-corrected chi connectivity index (χ4v) is 1.47. The number of nitrogens with zero attached hydrogens (tertiary/aromatic N) is 4. The number of aromatic nitrogens is 3. The molecule has 0 fully saturated rings. The molecule has 0 aliphatic carbocycles. The Balaban J connectivity index is 1.97. The third kappa shape index (κ3) is 2.72. The summed E-state index contributed by atoms with van der Waals surface area (Å²) in [7, 11) is 0. The summed E-state index contributed by atoms with van der Waals surface area (Å²) in [6.07, 6.45) is 3.42. The van der Waals surface area contributed by atoms with E-state index in [-0.39, 0.29) is 0 Å². The van der Waals surface area contributed by atoms with Gasteiger partial charge >= 0.3 is 0 Å². The first-order chi connectivity index (χ1) is 8.29. The van der Waals surface area contributed by atoms with E-state index < -0.39 is 0 Å². The Morgan fingerprint density at radius 2 is 2.35 bits per heavy atom. The van der Waals surface area contributed by atoms with Crippen molar-refractivity contribution in [2.75, 3.05) is 17.6 Å². The number of rotatable bonds is 4. The predicted octanol–water partition coefficient (Wildman–Crippen LogP) is 0.844. The maximum atomic E-state index is 8.95. The van der Waals surface area contributed by atoms with Crippen molar-refractivity contribution in [2.45, 2.75) is 6.54 Å². The molecule has 0 spiro atoms. The maximum absolute atomic E-state index is 8.95. The Hall–Kier alpha value is -2.55. The second-order valence-corrected chi connectivity index (χ2v) is 3.51. The molecule has 0 radical (unpaired) electrons. The van der Waals surface area contributed by atoms with Gasteiger partial charge in [-0.2, -0.15) is 5.26 Å². The standard InChI is InChI=1S/C11H12N6/c12-8-9-7-10(13)1-2-11(9)14-3-5-17-6-4-15-16-17/h1-2,4,6-7,14H,3,5,13H2. The molecule has 6 nitrogen and oxygen atoms in total. The van der Waals surface area contributed by atoms with E-state index in [1.165, 1.54) is 0 Å². The minimum atomic E-state index is 0.545. The molecule has 0 atom stereocenters. The average molecular weight is 228 g/mol. The number of benzene rings is 1. The molecule has 0 amide bonds. The van der Waals surface area contributed by atoms with E-state index in [0.717, 1.165) is 5.69 Å². The van der Waals surface area contributed by atoms with E-state index >= 15 is 0 Å². The van der Waals surface area contributed by atoms with E-state index in [0.29, 0.717) is 24.3 Å². The fraction of sp³-hybridized carbons (Fsp3) is 0.182. The second kappa shape index (κ2) is 4.99. The summed E-state index contributed by atoms with van der Waals surface area (Å²) < 4.78 is 1.72. The van der Waals surface area contributed by atoms with Crippen LogP contribution in [0, 0.1) is 11.3 Å². The van der Waals surface area contributed by atoms with E-state index in [1.807, 2.05) is 0 Å². The molecule has 1 aromatic carbocycles. The lowest BCUT2D eigenvalue weighted by molar-refractivity contribution is 0.609. The minimum absolute atomic E-state index is 0.545. The highest BCUT2D eigenvalue weighted by Crippen LogP contribution is 2.17. The van der Waals surface area contributed by atoms with Crippen LogP contribution in [0.1, 0.15) is 5.56 Å². The molecule has 2 rings (SSSR count). The van der Waals surface area contributed by atoms with Crippen molar-refractivity contribution in [2.24, 2.45) is 0 Å². The molecule has 3 N–H and O–H groups in total. The van der Waals surface area contributed by atoms with E-state index in [9.17, 15) is 0 Å². The summed E-state index contributed by atoms with van der Waals surface area (Å²) in [5, 5.41) is 19.7. The molecular formula is C11H12N6. The summed E-state index contributed by atoms with van der Waals surface area (Å²) in [4.78, 5) is 0. The Bertz CT molecular complexity index is 525. The summed E-state index contributed by atoms with van der Waals surface area (Å²) in [6, 6.07) is 7.32. The summed E-state index contributed by atoms with van der Waals surface area (Å²) in [5.41, 5.74) is 7.52. The number of hydrogen-bond donors (Lipinski definition) is 2. The first-order valence-corrected chi connectivity index (χ1v) is 5.17. The van der Waals surface area contributed by atoms with Crippen LogP contribution < -0.4 is 11.1 Å². The highest BCUT2D eigenvalue weighted by molar-refractivity contribution is 5.62. The lowest BCUT2D eigenvalue weighted by Crippen LogP contribution is -2.11. The molecule has 0 saturated heterocycles. The van der Waals surface area contributed by atoms with Crippen LogP contribution in [0.4, 0.5) is 11.4 Å². The molecule has 86 valence electrons. The fourth-order valence-electron chi connectivity index (χ4n) is 1.47. The zero-order chi connectivity index (χ0) is 12.1. The monoisotopic (exact) mass is 228 g/mol. The molecule has 17 heavy (non-hydrogen) atoms. The quantitative estimate of drug-likeness (QED) is 0.756. The molecule has 0 aliphatic rings. The van der Waals surface area contributed by atoms with Crippen LogP contribution in [0.3, 0.4) is 0 Å². The van der Waals surface area contributed by atoms with Gasteiger partial charge in [-0.1, -0.05) is 5.21 Å². The Kier molecular flexibility index (Phi) is 3.21. The van der Waals surface area contributed by atoms with Crippen LogP contribution in [-0.2, 0) is 6.54 Å². The molecule has 1 heterocycles. The highest BCUT2D eigenvalue weighted by Gasteiger charge is 2.01. The van der Waals surface area contributed by atoms with E-state index in [1.54, 1.807) is 35.3 Å². The van der Waals surface area contributed by atoms with Crippen molar-refractivity contribution in [1.29, 1.82) is 5.26 Å². The largest absolute Gasteiger partial charge is 0.399 e. The topological polar surface area (TPSA) is 92.6 Å². The molecule has 2 aromatic rings. The van der Waals surface area contributed by atoms with Gasteiger partial charge < -0.3 is 11.1 Å². The smallest absolute Gasteiger partial charge is 0.101 e. The van der Waals surface area contributed by atoms with Crippen molar-refractivity contribution in [3.05, 3.63) is 36.2 Å². The third-order valence-electron chi connectivity index (χ3n) is 2.29. The number of anilines is 2. The van der Waals surface area contributed by atoms with Gasteiger partial charge in [-0.05, 0) is 18.2 Å². The van der Waals surface area contributed by atoms with E-state index in [2.05, 4.69) is 21.7 Å². The maximum Gasteiger partial charge on any atom is 0.101 e. The van der Waals surface area contributed by atoms with Crippen LogP contribution in [0.5, 0.6) is 0 Å². The predicted molar refractivity (Wildman–Crippen MR) is 64.1 cm³/mol. The molecule has 0 aliphatic heterocycles. The van der Waals surface area contributed by atoms with Gasteiger partial charge in [-0.15, -0.1) is 5.10 Å². The molecule has 0 unspecified atom stereocenters. The number of nitrogens with two attached hydrogens (primary N) is 1. The molecule has 0 saturated carbocycles. The number of hydrogen-bond acceptors (Lipinski definition) is 5. The molecule has 0 bridgehead atoms. The number of nitrogen functional groups attached to an aromatic ring is 1. The van der Waals surface area contributed by atoms with E-state index in [4.69, 9.17) is 11.0 Å². The van der Waals surface area contributed by atoms with Crippen LogP contribution in [0.15, 0.2) is 30.6 Å². The van der Waals surface area contributed by atoms with Gasteiger partial charge in [0.25, 0.3) is 0 Å². The zero-order valence-electron chi connectivity index (χ0n) is 9.17. The highest BCUT2D eigenvalue weighted by atomic mass is 15.4. The van der Waals surface area contributed by atoms with Crippen LogP contribution in [0.2, 0.25) is 0 Å². The van der Waals surface area contributed by atoms with Crippen molar-refractivity contribution >= 4 is 11.4 Å². The van der Waals surface area contributed by atoms with Gasteiger partial charge in [-0.3, -0.25) is 4.68 Å². The van der Waals surface area contributed by atoms with Gasteiger partial charge in [0.15, 0.2) is 0 Å². The minimum Gasteiger partial charge on any atom is -0.399 e. The van der Waals surface area contributed by atoms with Crippen molar-refractivity contribution in [3.8, 4) is 6.07 Å². The molecule has 1 aromatic heterocycles. The normalized spacial score (nSPS) is 9.82. The lowest BCUT2D eigenvalue weighted by atomic mass is 10.1. The summed E-state index contributed by atoms with van der Waals surface area (Å²) in [6.45, 7) is 1.36. The van der Waals surface area contributed by atoms with Gasteiger partial charge in [0.05, 0.1) is 24.0 Å². The second-order valence-electron chi connectivity index (χ2n) is 3.51. The van der Waals surface area contributed by atoms with Gasteiger partial charge in [0.2, 0.25) is 0 Å². The number of nitrogens with one attached hydrogen (secondary N) is 1. The van der Waals surface area contributed by atoms with Crippen LogP contribution in [-0.4, -0.2) is 21.5 Å². The van der Waals surface area contributed by atoms with Gasteiger partial charge in [-0.25, -0.2) is 0 Å². The SMILES string of the molecule is N#Cc1cc(N)ccc1NCCn1ccnn1. The Morgan fingerprint density at radius 3 is 3.06 bits per heavy atom. The Morgan fingerprint density at radius 1 is 1.47 bits per heavy atom. The summed E-state index contributed by atoms with van der Waals surface area (Å²) in [5.74, 6) is 0. The lowest BCUT2D eigenvalue weighted by Gasteiger charge is -2.08. The first kappa shape index (κ1) is 11.0. The van der Waals surface area contributed by atoms with Crippen molar-refractivity contribution < 1.29 is 0 Å².